The minimum atomic E-state index is -4.01. The molecule has 0 unspecified atom stereocenters. The van der Waals surface area contributed by atoms with Crippen LogP contribution in [-0.4, -0.2) is 19.4 Å². The summed E-state index contributed by atoms with van der Waals surface area (Å²) in [5, 5.41) is 3.95. The highest BCUT2D eigenvalue weighted by Gasteiger charge is 2.24. The molecule has 5 aromatic rings. The number of fused-ring (bicyclic) bond motifs is 1. The van der Waals surface area contributed by atoms with Gasteiger partial charge in [0, 0.05) is 29.3 Å². The Labute approximate surface area is 191 Å². The minimum Gasteiger partial charge on any atom is -0.456 e. The predicted octanol–water partition coefficient (Wildman–Crippen LogP) is 5.66. The normalized spacial score (nSPS) is 11.8. The van der Waals surface area contributed by atoms with E-state index in [2.05, 4.69) is 5.32 Å². The first-order chi connectivity index (χ1) is 16.0. The van der Waals surface area contributed by atoms with Gasteiger partial charge in [0.15, 0.2) is 0 Å². The van der Waals surface area contributed by atoms with Crippen molar-refractivity contribution >= 4 is 21.0 Å². The fourth-order valence-electron chi connectivity index (χ4n) is 3.91. The lowest BCUT2D eigenvalue weighted by Gasteiger charge is -2.12. The highest BCUT2D eigenvalue weighted by atomic mass is 32.2. The second kappa shape index (κ2) is 8.35. The summed E-state index contributed by atoms with van der Waals surface area (Å²) in [6.07, 6.45) is 1.53. The Hall–Kier alpha value is -3.68. The highest BCUT2D eigenvalue weighted by Crippen LogP contribution is 2.32. The zero-order valence-corrected chi connectivity index (χ0v) is 18.6. The number of furan rings is 1. The summed E-state index contributed by atoms with van der Waals surface area (Å²) < 4.78 is 49.1. The van der Waals surface area contributed by atoms with Crippen molar-refractivity contribution < 1.29 is 17.2 Å². The maximum atomic E-state index is 14.6. The number of benzene rings is 3. The number of hydrogen-bond donors (Lipinski definition) is 1. The standard InChI is InChI=1S/C26H21FN2O3S/c1-28-16-18-13-24(22-10-3-4-11-23(22)27)29(17-18)33(30,31)21-9-6-8-19(14-21)26-15-20-7-2-5-12-25(20)32-26/h2-15,17,28H,16H2,1H3. The maximum absolute atomic E-state index is 14.6. The number of nitrogens with one attached hydrogen (secondary N) is 1. The fraction of sp³-hybridized carbons (Fsp3) is 0.0769. The van der Waals surface area contributed by atoms with Gasteiger partial charge in [-0.05, 0) is 55.1 Å². The van der Waals surface area contributed by atoms with Gasteiger partial charge in [-0.15, -0.1) is 0 Å². The zero-order valence-electron chi connectivity index (χ0n) is 17.8. The Bertz CT molecular complexity index is 1530. The summed E-state index contributed by atoms with van der Waals surface area (Å²) in [6, 6.07) is 23.9. The van der Waals surface area contributed by atoms with Gasteiger partial charge in [-0.25, -0.2) is 16.8 Å². The molecule has 0 spiro atoms. The van der Waals surface area contributed by atoms with Gasteiger partial charge in [0.25, 0.3) is 10.0 Å². The van der Waals surface area contributed by atoms with Crippen LogP contribution in [0.5, 0.6) is 0 Å². The number of para-hydroxylation sites is 1. The van der Waals surface area contributed by atoms with E-state index in [1.807, 2.05) is 30.3 Å². The second-order valence-electron chi connectivity index (χ2n) is 7.72. The molecule has 0 bridgehead atoms. The lowest BCUT2D eigenvalue weighted by atomic mass is 10.1. The Morgan fingerprint density at radius 3 is 2.52 bits per heavy atom. The first-order valence-corrected chi connectivity index (χ1v) is 11.9. The van der Waals surface area contributed by atoms with Crippen LogP contribution >= 0.6 is 0 Å². The monoisotopic (exact) mass is 460 g/mol. The van der Waals surface area contributed by atoms with Crippen LogP contribution in [0.3, 0.4) is 0 Å². The summed E-state index contributed by atoms with van der Waals surface area (Å²) in [5.41, 5.74) is 2.59. The van der Waals surface area contributed by atoms with E-state index in [1.165, 1.54) is 18.3 Å². The predicted molar refractivity (Wildman–Crippen MR) is 127 cm³/mol. The van der Waals surface area contributed by atoms with E-state index in [-0.39, 0.29) is 16.2 Å². The third kappa shape index (κ3) is 3.86. The summed E-state index contributed by atoms with van der Waals surface area (Å²) in [5.74, 6) is 0.0880. The highest BCUT2D eigenvalue weighted by molar-refractivity contribution is 7.90. The molecule has 2 heterocycles. The van der Waals surface area contributed by atoms with Gasteiger partial charge in [0.1, 0.15) is 17.2 Å². The molecule has 0 saturated carbocycles. The number of hydrogen-bond acceptors (Lipinski definition) is 4. The molecule has 166 valence electrons. The van der Waals surface area contributed by atoms with Crippen LogP contribution in [0.25, 0.3) is 33.6 Å². The van der Waals surface area contributed by atoms with Gasteiger partial charge in [-0.3, -0.25) is 0 Å². The van der Waals surface area contributed by atoms with Gasteiger partial charge in [0.05, 0.1) is 10.6 Å². The van der Waals surface area contributed by atoms with E-state index in [0.29, 0.717) is 17.9 Å². The summed E-state index contributed by atoms with van der Waals surface area (Å²) in [7, 11) is -2.24. The number of rotatable bonds is 6. The van der Waals surface area contributed by atoms with Gasteiger partial charge in [-0.1, -0.05) is 42.5 Å². The SMILES string of the molecule is CNCc1cc(-c2ccccc2F)n(S(=O)(=O)c2cccc(-c3cc4ccccc4o3)c2)c1. The van der Waals surface area contributed by atoms with Crippen molar-refractivity contribution in [2.24, 2.45) is 0 Å². The van der Waals surface area contributed by atoms with Crippen molar-refractivity contribution in [2.75, 3.05) is 7.05 Å². The third-order valence-corrected chi connectivity index (χ3v) is 7.14. The lowest BCUT2D eigenvalue weighted by molar-refractivity contribution is 0.587. The number of aromatic nitrogens is 1. The van der Waals surface area contributed by atoms with E-state index in [9.17, 15) is 12.8 Å². The van der Waals surface area contributed by atoms with Crippen LogP contribution < -0.4 is 5.32 Å². The van der Waals surface area contributed by atoms with E-state index in [1.54, 1.807) is 49.5 Å². The molecule has 0 radical (unpaired) electrons. The molecule has 3 aromatic carbocycles. The van der Waals surface area contributed by atoms with Crippen molar-refractivity contribution in [3.05, 3.63) is 103 Å². The van der Waals surface area contributed by atoms with Gasteiger partial charge in [-0.2, -0.15) is 0 Å². The third-order valence-electron chi connectivity index (χ3n) is 5.47. The van der Waals surface area contributed by atoms with Crippen LogP contribution in [0.4, 0.5) is 4.39 Å². The molecule has 2 aromatic heterocycles. The number of halogens is 1. The van der Waals surface area contributed by atoms with Crippen LogP contribution in [0.1, 0.15) is 5.56 Å². The Morgan fingerprint density at radius 2 is 1.73 bits per heavy atom. The zero-order chi connectivity index (χ0) is 23.0. The van der Waals surface area contributed by atoms with E-state index < -0.39 is 15.8 Å². The summed E-state index contributed by atoms with van der Waals surface area (Å²) in [6.45, 7) is 0.447. The molecular formula is C26H21FN2O3S. The van der Waals surface area contributed by atoms with Crippen molar-refractivity contribution in [3.8, 4) is 22.6 Å². The van der Waals surface area contributed by atoms with Gasteiger partial charge < -0.3 is 9.73 Å². The van der Waals surface area contributed by atoms with Crippen molar-refractivity contribution in [3.63, 3.8) is 0 Å². The lowest BCUT2D eigenvalue weighted by Crippen LogP contribution is -2.14. The fourth-order valence-corrected chi connectivity index (χ4v) is 5.35. The van der Waals surface area contributed by atoms with E-state index in [4.69, 9.17) is 4.42 Å². The average Bonchev–Trinajstić information content (AvgIpc) is 3.45. The quantitative estimate of drug-likeness (QED) is 0.355. The molecule has 0 saturated heterocycles. The molecule has 7 heteroatoms. The minimum absolute atomic E-state index is 0.0876. The molecule has 5 nitrogen and oxygen atoms in total. The first-order valence-electron chi connectivity index (χ1n) is 10.4. The molecule has 33 heavy (non-hydrogen) atoms. The molecule has 0 fully saturated rings. The molecule has 1 N–H and O–H groups in total. The van der Waals surface area contributed by atoms with Crippen molar-refractivity contribution in [1.29, 1.82) is 0 Å². The van der Waals surface area contributed by atoms with Gasteiger partial charge >= 0.3 is 0 Å². The summed E-state index contributed by atoms with van der Waals surface area (Å²) in [4.78, 5) is 0.0876. The van der Waals surface area contributed by atoms with Crippen LogP contribution in [0, 0.1) is 5.82 Å². The van der Waals surface area contributed by atoms with E-state index >= 15 is 0 Å². The first kappa shape index (κ1) is 21.2. The number of nitrogens with zero attached hydrogens (tertiary/aromatic N) is 1. The maximum Gasteiger partial charge on any atom is 0.268 e. The molecular weight excluding hydrogens is 439 g/mol. The Kier molecular flexibility index (Phi) is 5.36. The van der Waals surface area contributed by atoms with Crippen LogP contribution in [-0.2, 0) is 16.6 Å². The van der Waals surface area contributed by atoms with Crippen molar-refractivity contribution in [2.45, 2.75) is 11.4 Å². The average molecular weight is 461 g/mol. The Morgan fingerprint density at radius 1 is 0.939 bits per heavy atom. The molecule has 0 aliphatic carbocycles. The molecule has 5 rings (SSSR count). The second-order valence-corrected chi connectivity index (χ2v) is 9.54. The van der Waals surface area contributed by atoms with Crippen LogP contribution in [0.15, 0.2) is 100 Å². The topological polar surface area (TPSA) is 64.2 Å². The van der Waals surface area contributed by atoms with E-state index in [0.717, 1.165) is 20.5 Å². The smallest absolute Gasteiger partial charge is 0.268 e. The molecule has 0 amide bonds. The molecule has 0 aliphatic heterocycles. The molecule has 0 atom stereocenters. The van der Waals surface area contributed by atoms with Crippen molar-refractivity contribution in [1.82, 2.24) is 9.29 Å². The Balaban J connectivity index is 1.63. The van der Waals surface area contributed by atoms with Gasteiger partial charge in [0.2, 0.25) is 0 Å². The largest absolute Gasteiger partial charge is 0.456 e. The van der Waals surface area contributed by atoms with Crippen LogP contribution in [0.2, 0.25) is 0 Å². The summed E-state index contributed by atoms with van der Waals surface area (Å²) >= 11 is 0. The molecule has 0 aliphatic rings.